The van der Waals surface area contributed by atoms with Crippen molar-refractivity contribution in [2.24, 2.45) is 23.7 Å². The van der Waals surface area contributed by atoms with Crippen molar-refractivity contribution in [2.75, 3.05) is 38.2 Å². The molecule has 6 rings (SSSR count). The van der Waals surface area contributed by atoms with Gasteiger partial charge >= 0.3 is 12.1 Å². The number of amides is 2. The lowest BCUT2D eigenvalue weighted by Crippen LogP contribution is -2.59. The summed E-state index contributed by atoms with van der Waals surface area (Å²) in [7, 11) is 1.34. The number of methoxy groups -OCH3 is 1. The molecular formula is C40H51N5O5. The Morgan fingerprint density at radius 2 is 1.52 bits per heavy atom. The van der Waals surface area contributed by atoms with Gasteiger partial charge in [0, 0.05) is 38.2 Å². The third-order valence-electron chi connectivity index (χ3n) is 11.0. The van der Waals surface area contributed by atoms with E-state index in [-0.39, 0.29) is 43.9 Å². The molecule has 3 aromatic rings. The Morgan fingerprint density at radius 1 is 0.860 bits per heavy atom. The largest absolute Gasteiger partial charge is 0.469 e. The van der Waals surface area contributed by atoms with Crippen molar-refractivity contribution < 1.29 is 23.9 Å². The van der Waals surface area contributed by atoms with E-state index in [2.05, 4.69) is 17.1 Å². The highest BCUT2D eigenvalue weighted by Gasteiger charge is 2.39. The maximum Gasteiger partial charge on any atom is 0.408 e. The topological polar surface area (TPSA) is 114 Å². The van der Waals surface area contributed by atoms with Crippen LogP contribution in [0.4, 0.5) is 10.5 Å². The molecule has 3 fully saturated rings. The van der Waals surface area contributed by atoms with Gasteiger partial charge in [-0.1, -0.05) is 87.2 Å². The number of alkyl carbamates (subject to hydrolysis) is 1. The number of anilines is 1. The maximum absolute atomic E-state index is 13.5. The van der Waals surface area contributed by atoms with E-state index in [9.17, 15) is 14.4 Å². The molecule has 1 atom stereocenters. The van der Waals surface area contributed by atoms with Gasteiger partial charge < -0.3 is 24.6 Å². The Labute approximate surface area is 296 Å². The molecule has 1 N–H and O–H groups in total. The molecular weight excluding hydrogens is 630 g/mol. The number of nitrogens with zero attached hydrogens (tertiary/aromatic N) is 4. The number of benzene rings is 2. The number of hydrogen-bond donors (Lipinski definition) is 1. The molecule has 3 aliphatic rings. The van der Waals surface area contributed by atoms with E-state index < -0.39 is 12.1 Å². The van der Waals surface area contributed by atoms with Crippen molar-refractivity contribution in [3.8, 4) is 11.4 Å². The number of esters is 1. The molecule has 3 heterocycles. The minimum absolute atomic E-state index is 0.0908. The number of hydrogen-bond acceptors (Lipinski definition) is 8. The van der Waals surface area contributed by atoms with Crippen LogP contribution >= 0.6 is 0 Å². The number of aromatic nitrogens is 2. The van der Waals surface area contributed by atoms with E-state index in [1.54, 1.807) is 4.90 Å². The fourth-order valence-electron chi connectivity index (χ4n) is 7.95. The Kier molecular flexibility index (Phi) is 12.0. The van der Waals surface area contributed by atoms with E-state index in [4.69, 9.17) is 19.4 Å². The van der Waals surface area contributed by atoms with Crippen LogP contribution in [-0.4, -0.2) is 72.2 Å². The molecule has 10 heteroatoms. The van der Waals surface area contributed by atoms with Crippen molar-refractivity contribution in [1.82, 2.24) is 20.2 Å². The summed E-state index contributed by atoms with van der Waals surface area (Å²) in [6.07, 6.45) is 14.3. The molecule has 2 saturated heterocycles. The second kappa shape index (κ2) is 17.0. The Morgan fingerprint density at radius 3 is 2.16 bits per heavy atom. The number of piperidine rings is 1. The standard InChI is InChI=1S/C40H51N5O5/c1-3-7-28-10-14-31(15-11-28)32-18-20-44(21-19-32)35-23-41-37(42-24-35)33-16-12-29(13-17-33)22-36(38(46)45-25-34(26-45)39(47)49-2)43-40(48)50-27-30-8-5-4-6-9-30/h4-6,8-9,12-13,16-17,23-24,28,31-32,34,36H,3,7,10-11,14-15,18-22,25-27H2,1-2H3,(H,43,48)/t28-,31-,36-/m0/s1. The summed E-state index contributed by atoms with van der Waals surface area (Å²) >= 11 is 0. The molecule has 0 bridgehead atoms. The molecule has 0 radical (unpaired) electrons. The normalized spacial score (nSPS) is 20.4. The highest BCUT2D eigenvalue weighted by Crippen LogP contribution is 2.39. The zero-order valence-corrected chi connectivity index (χ0v) is 29.5. The van der Waals surface area contributed by atoms with Crippen molar-refractivity contribution >= 4 is 23.7 Å². The first-order valence-electron chi connectivity index (χ1n) is 18.4. The Bertz CT molecular complexity index is 1550. The number of rotatable bonds is 12. The molecule has 266 valence electrons. The zero-order chi connectivity index (χ0) is 34.9. The van der Waals surface area contributed by atoms with Crippen LogP contribution < -0.4 is 10.2 Å². The highest BCUT2D eigenvalue weighted by molar-refractivity contribution is 5.88. The monoisotopic (exact) mass is 681 g/mol. The van der Waals surface area contributed by atoms with Gasteiger partial charge in [-0.05, 0) is 54.6 Å². The average Bonchev–Trinajstić information content (AvgIpc) is 3.14. The summed E-state index contributed by atoms with van der Waals surface area (Å²) in [4.78, 5) is 51.5. The first-order chi connectivity index (χ1) is 24.4. The lowest BCUT2D eigenvalue weighted by molar-refractivity contribution is -0.156. The van der Waals surface area contributed by atoms with Crippen molar-refractivity contribution in [1.29, 1.82) is 0 Å². The second-order valence-corrected chi connectivity index (χ2v) is 14.3. The number of likely N-dealkylation sites (tertiary alicyclic amines) is 1. The number of carbonyl (C=O) groups excluding carboxylic acids is 3. The van der Waals surface area contributed by atoms with Gasteiger partial charge in [-0.2, -0.15) is 0 Å². The maximum atomic E-state index is 13.5. The molecule has 0 unspecified atom stereocenters. The second-order valence-electron chi connectivity index (χ2n) is 14.3. The van der Waals surface area contributed by atoms with Crippen molar-refractivity contribution in [2.45, 2.75) is 77.4 Å². The first-order valence-corrected chi connectivity index (χ1v) is 18.4. The van der Waals surface area contributed by atoms with Gasteiger partial charge in [-0.15, -0.1) is 0 Å². The van der Waals surface area contributed by atoms with Gasteiger partial charge in [0.2, 0.25) is 5.91 Å². The van der Waals surface area contributed by atoms with Crippen molar-refractivity contribution in [3.63, 3.8) is 0 Å². The third kappa shape index (κ3) is 9.00. The molecule has 2 amide bonds. The minimum atomic E-state index is -0.863. The summed E-state index contributed by atoms with van der Waals surface area (Å²) in [6.45, 7) is 5.04. The third-order valence-corrected chi connectivity index (χ3v) is 11.0. The molecule has 0 spiro atoms. The van der Waals surface area contributed by atoms with E-state index in [0.717, 1.165) is 53.2 Å². The summed E-state index contributed by atoms with van der Waals surface area (Å²) in [5.74, 6) is 2.39. The van der Waals surface area contributed by atoms with Gasteiger partial charge in [0.25, 0.3) is 0 Å². The molecule has 1 saturated carbocycles. The zero-order valence-electron chi connectivity index (χ0n) is 29.5. The predicted octanol–water partition coefficient (Wildman–Crippen LogP) is 6.44. The number of ether oxygens (including phenoxy) is 2. The molecule has 10 nitrogen and oxygen atoms in total. The molecule has 2 aliphatic heterocycles. The van der Waals surface area contributed by atoms with Crippen LogP contribution in [0.3, 0.4) is 0 Å². The Balaban J connectivity index is 1.03. The summed E-state index contributed by atoms with van der Waals surface area (Å²) in [6, 6.07) is 16.2. The van der Waals surface area contributed by atoms with Crippen LogP contribution in [0.15, 0.2) is 67.0 Å². The van der Waals surface area contributed by atoms with Crippen LogP contribution in [0, 0.1) is 23.7 Å². The van der Waals surface area contributed by atoms with E-state index in [1.807, 2.05) is 67.0 Å². The van der Waals surface area contributed by atoms with Gasteiger partial charge in [0.1, 0.15) is 12.6 Å². The van der Waals surface area contributed by atoms with Crippen LogP contribution in [-0.2, 0) is 32.1 Å². The smallest absolute Gasteiger partial charge is 0.408 e. The van der Waals surface area contributed by atoms with E-state index in [1.165, 1.54) is 58.5 Å². The molecule has 1 aliphatic carbocycles. The molecule has 1 aromatic heterocycles. The van der Waals surface area contributed by atoms with Crippen LogP contribution in [0.25, 0.3) is 11.4 Å². The van der Waals surface area contributed by atoms with Crippen molar-refractivity contribution in [3.05, 3.63) is 78.1 Å². The van der Waals surface area contributed by atoms with Gasteiger partial charge in [0.15, 0.2) is 5.82 Å². The summed E-state index contributed by atoms with van der Waals surface area (Å²) in [5.41, 5.74) is 3.65. The van der Waals surface area contributed by atoms with Crippen LogP contribution in [0.5, 0.6) is 0 Å². The van der Waals surface area contributed by atoms with Crippen LogP contribution in [0.1, 0.15) is 69.4 Å². The lowest BCUT2D eigenvalue weighted by atomic mass is 9.72. The first kappa shape index (κ1) is 35.4. The van der Waals surface area contributed by atoms with Gasteiger partial charge in [0.05, 0.1) is 31.1 Å². The summed E-state index contributed by atoms with van der Waals surface area (Å²) in [5, 5.41) is 2.76. The minimum Gasteiger partial charge on any atom is -0.469 e. The average molecular weight is 682 g/mol. The lowest BCUT2D eigenvalue weighted by Gasteiger charge is -2.39. The molecule has 2 aromatic carbocycles. The van der Waals surface area contributed by atoms with E-state index in [0.29, 0.717) is 5.82 Å². The summed E-state index contributed by atoms with van der Waals surface area (Å²) < 4.78 is 10.2. The van der Waals surface area contributed by atoms with Gasteiger partial charge in [-0.3, -0.25) is 9.59 Å². The van der Waals surface area contributed by atoms with Crippen LogP contribution in [0.2, 0.25) is 0 Å². The van der Waals surface area contributed by atoms with Gasteiger partial charge in [-0.25, -0.2) is 14.8 Å². The quantitative estimate of drug-likeness (QED) is 0.218. The fourth-order valence-corrected chi connectivity index (χ4v) is 7.95. The van der Waals surface area contributed by atoms with E-state index >= 15 is 0 Å². The number of carbonyl (C=O) groups is 3. The fraction of sp³-hybridized carbons (Fsp3) is 0.525. The SMILES string of the molecule is CCC[C@H]1CC[C@H](C2CCN(c3cnc(-c4ccc(C[C@H](NC(=O)OCc5ccccc5)C(=O)N5CC(C(=O)OC)C5)cc4)nc3)CC2)CC1. The Hall–Kier alpha value is -4.47. The highest BCUT2D eigenvalue weighted by atomic mass is 16.5. The number of nitrogens with one attached hydrogen (secondary N) is 1. The molecule has 50 heavy (non-hydrogen) atoms. The predicted molar refractivity (Wildman–Crippen MR) is 192 cm³/mol.